The summed E-state index contributed by atoms with van der Waals surface area (Å²) in [4.78, 5) is 23.6. The standard InChI is InChI=1S/C11H16O3/c1-10(2)7-4-5-11(10,8(12)6-7)9(13)14-3/h7H,4-6H2,1-3H3/t7?,11-/m1/s1. The molecule has 2 fully saturated rings. The Hall–Kier alpha value is -0.860. The molecule has 2 atom stereocenters. The molecule has 2 rings (SSSR count). The normalized spacial score (nSPS) is 38.8. The largest absolute Gasteiger partial charge is 0.468 e. The molecule has 0 spiro atoms. The van der Waals surface area contributed by atoms with E-state index >= 15 is 0 Å². The maximum absolute atomic E-state index is 11.9. The van der Waals surface area contributed by atoms with Crippen LogP contribution < -0.4 is 0 Å². The Morgan fingerprint density at radius 2 is 2.14 bits per heavy atom. The number of esters is 1. The van der Waals surface area contributed by atoms with Gasteiger partial charge in [0.2, 0.25) is 0 Å². The van der Waals surface area contributed by atoms with Crippen LogP contribution in [0.2, 0.25) is 0 Å². The minimum absolute atomic E-state index is 0.0885. The fraction of sp³-hybridized carbons (Fsp3) is 0.818. The second-order valence-electron chi connectivity index (χ2n) is 4.98. The molecule has 2 bridgehead atoms. The average molecular weight is 196 g/mol. The van der Waals surface area contributed by atoms with Gasteiger partial charge < -0.3 is 4.74 Å². The van der Waals surface area contributed by atoms with Gasteiger partial charge in [-0.05, 0) is 24.2 Å². The van der Waals surface area contributed by atoms with Crippen LogP contribution in [0, 0.1) is 16.7 Å². The zero-order valence-corrected chi connectivity index (χ0v) is 8.92. The van der Waals surface area contributed by atoms with E-state index in [2.05, 4.69) is 0 Å². The zero-order valence-electron chi connectivity index (χ0n) is 8.92. The molecule has 2 saturated carbocycles. The molecular weight excluding hydrogens is 180 g/mol. The number of fused-ring (bicyclic) bond motifs is 2. The molecule has 3 heteroatoms. The van der Waals surface area contributed by atoms with E-state index in [1.165, 1.54) is 7.11 Å². The smallest absolute Gasteiger partial charge is 0.319 e. The van der Waals surface area contributed by atoms with Gasteiger partial charge in [-0.1, -0.05) is 13.8 Å². The van der Waals surface area contributed by atoms with E-state index in [1.54, 1.807) is 0 Å². The summed E-state index contributed by atoms with van der Waals surface area (Å²) in [5.41, 5.74) is -1.04. The van der Waals surface area contributed by atoms with Gasteiger partial charge in [0.1, 0.15) is 5.41 Å². The van der Waals surface area contributed by atoms with Crippen molar-refractivity contribution in [2.45, 2.75) is 33.1 Å². The highest BCUT2D eigenvalue weighted by atomic mass is 16.5. The molecule has 2 aliphatic carbocycles. The molecule has 0 aromatic rings. The molecular formula is C11H16O3. The fourth-order valence-electron chi connectivity index (χ4n) is 3.33. The Kier molecular flexibility index (Phi) is 1.79. The number of Topliss-reactive ketones (excluding diaryl/α,β-unsaturated/α-hetero) is 1. The van der Waals surface area contributed by atoms with Crippen molar-refractivity contribution in [3.8, 4) is 0 Å². The van der Waals surface area contributed by atoms with Crippen molar-refractivity contribution in [1.82, 2.24) is 0 Å². The van der Waals surface area contributed by atoms with Gasteiger partial charge in [0.05, 0.1) is 7.11 Å². The van der Waals surface area contributed by atoms with Gasteiger partial charge in [-0.3, -0.25) is 9.59 Å². The Bertz CT molecular complexity index is 306. The topological polar surface area (TPSA) is 43.4 Å². The van der Waals surface area contributed by atoms with E-state index in [-0.39, 0.29) is 17.2 Å². The Labute approximate surface area is 83.8 Å². The molecule has 0 N–H and O–H groups in total. The monoisotopic (exact) mass is 196 g/mol. The average Bonchev–Trinajstić information content (AvgIpc) is 2.49. The number of rotatable bonds is 1. The first-order valence-corrected chi connectivity index (χ1v) is 5.08. The number of hydrogen-bond donors (Lipinski definition) is 0. The molecule has 0 aliphatic heterocycles. The summed E-state index contributed by atoms with van der Waals surface area (Å²) in [5, 5.41) is 0. The second-order valence-corrected chi connectivity index (χ2v) is 4.98. The van der Waals surface area contributed by atoms with Gasteiger partial charge in [-0.25, -0.2) is 0 Å². The number of methoxy groups -OCH3 is 1. The fourth-order valence-corrected chi connectivity index (χ4v) is 3.33. The van der Waals surface area contributed by atoms with Crippen LogP contribution in [0.15, 0.2) is 0 Å². The lowest BCUT2D eigenvalue weighted by Gasteiger charge is -2.33. The highest BCUT2D eigenvalue weighted by molar-refractivity contribution is 6.07. The summed E-state index contributed by atoms with van der Waals surface area (Å²) in [5.74, 6) is 0.132. The summed E-state index contributed by atoms with van der Waals surface area (Å²) in [6.45, 7) is 4.04. The first-order chi connectivity index (χ1) is 6.46. The number of ketones is 1. The van der Waals surface area contributed by atoms with Crippen LogP contribution in [0.4, 0.5) is 0 Å². The molecule has 2 aliphatic rings. The van der Waals surface area contributed by atoms with Crippen molar-refractivity contribution in [1.29, 1.82) is 0 Å². The minimum atomic E-state index is -0.827. The third-order valence-electron chi connectivity index (χ3n) is 4.43. The van der Waals surface area contributed by atoms with Gasteiger partial charge in [-0.15, -0.1) is 0 Å². The summed E-state index contributed by atoms with van der Waals surface area (Å²) in [7, 11) is 1.37. The van der Waals surface area contributed by atoms with Crippen LogP contribution in [-0.4, -0.2) is 18.9 Å². The van der Waals surface area contributed by atoms with Crippen LogP contribution in [0.3, 0.4) is 0 Å². The molecule has 0 aromatic carbocycles. The van der Waals surface area contributed by atoms with Crippen molar-refractivity contribution in [2.24, 2.45) is 16.7 Å². The summed E-state index contributed by atoms with van der Waals surface area (Å²) < 4.78 is 4.80. The second kappa shape index (κ2) is 2.59. The summed E-state index contributed by atoms with van der Waals surface area (Å²) >= 11 is 0. The maximum Gasteiger partial charge on any atom is 0.319 e. The first-order valence-electron chi connectivity index (χ1n) is 5.08. The van der Waals surface area contributed by atoms with Gasteiger partial charge in [0, 0.05) is 6.42 Å². The van der Waals surface area contributed by atoms with Gasteiger partial charge in [0.15, 0.2) is 5.78 Å². The van der Waals surface area contributed by atoms with E-state index in [0.717, 1.165) is 6.42 Å². The zero-order chi connectivity index (χ0) is 10.6. The maximum atomic E-state index is 11.9. The third kappa shape index (κ3) is 0.787. The van der Waals surface area contributed by atoms with Crippen molar-refractivity contribution in [3.05, 3.63) is 0 Å². The number of carbonyl (C=O) groups is 2. The van der Waals surface area contributed by atoms with Crippen LogP contribution in [0.5, 0.6) is 0 Å². The van der Waals surface area contributed by atoms with Crippen molar-refractivity contribution < 1.29 is 14.3 Å². The molecule has 78 valence electrons. The predicted octanol–water partition coefficient (Wildman–Crippen LogP) is 1.55. The Balaban J connectivity index is 2.49. The third-order valence-corrected chi connectivity index (χ3v) is 4.43. The first kappa shape index (κ1) is 9.69. The molecule has 0 radical (unpaired) electrons. The number of hydrogen-bond acceptors (Lipinski definition) is 3. The quantitative estimate of drug-likeness (QED) is 0.472. The lowest BCUT2D eigenvalue weighted by Crippen LogP contribution is -2.44. The molecule has 0 heterocycles. The van der Waals surface area contributed by atoms with Gasteiger partial charge in [-0.2, -0.15) is 0 Å². The van der Waals surface area contributed by atoms with Crippen molar-refractivity contribution in [3.63, 3.8) is 0 Å². The Morgan fingerprint density at radius 1 is 1.50 bits per heavy atom. The van der Waals surface area contributed by atoms with Crippen LogP contribution in [-0.2, 0) is 14.3 Å². The molecule has 3 nitrogen and oxygen atoms in total. The van der Waals surface area contributed by atoms with E-state index in [9.17, 15) is 9.59 Å². The molecule has 0 aromatic heterocycles. The number of carbonyl (C=O) groups excluding carboxylic acids is 2. The van der Waals surface area contributed by atoms with E-state index in [4.69, 9.17) is 4.74 Å². The highest BCUT2D eigenvalue weighted by Gasteiger charge is 2.68. The SMILES string of the molecule is COC(=O)[C@@]12CCC(CC1=O)C2(C)C. The van der Waals surface area contributed by atoms with Crippen molar-refractivity contribution >= 4 is 11.8 Å². The number of ether oxygens (including phenoxy) is 1. The van der Waals surface area contributed by atoms with E-state index in [1.807, 2.05) is 13.8 Å². The Morgan fingerprint density at radius 3 is 2.50 bits per heavy atom. The lowest BCUT2D eigenvalue weighted by molar-refractivity contribution is -0.161. The predicted molar refractivity (Wildman–Crippen MR) is 50.6 cm³/mol. The molecule has 0 saturated heterocycles. The van der Waals surface area contributed by atoms with Crippen molar-refractivity contribution in [2.75, 3.05) is 7.11 Å². The minimum Gasteiger partial charge on any atom is -0.468 e. The van der Waals surface area contributed by atoms with E-state index < -0.39 is 5.41 Å². The molecule has 1 unspecified atom stereocenters. The molecule has 0 amide bonds. The molecule has 14 heavy (non-hydrogen) atoms. The van der Waals surface area contributed by atoms with E-state index in [0.29, 0.717) is 18.8 Å². The van der Waals surface area contributed by atoms with Crippen LogP contribution in [0.1, 0.15) is 33.1 Å². The van der Waals surface area contributed by atoms with Crippen LogP contribution >= 0.6 is 0 Å². The van der Waals surface area contributed by atoms with Crippen LogP contribution in [0.25, 0.3) is 0 Å². The van der Waals surface area contributed by atoms with Gasteiger partial charge >= 0.3 is 5.97 Å². The summed E-state index contributed by atoms with van der Waals surface area (Å²) in [6, 6.07) is 0. The lowest BCUT2D eigenvalue weighted by atomic mass is 9.69. The van der Waals surface area contributed by atoms with Gasteiger partial charge in [0.25, 0.3) is 0 Å². The summed E-state index contributed by atoms with van der Waals surface area (Å²) in [6.07, 6.45) is 2.21. The highest BCUT2D eigenvalue weighted by Crippen LogP contribution is 2.64.